The molecular formula is C13H9BrNO4P. The van der Waals surface area contributed by atoms with Gasteiger partial charge in [-0.15, -0.1) is 0 Å². The van der Waals surface area contributed by atoms with Gasteiger partial charge in [-0.05, 0) is 38.8 Å². The lowest BCUT2D eigenvalue weighted by Gasteiger charge is -2.08. The maximum Gasteiger partial charge on any atom is 0.361 e. The lowest BCUT2D eigenvalue weighted by molar-refractivity contribution is 0.387. The lowest BCUT2D eigenvalue weighted by Crippen LogP contribution is -2.26. The molecule has 0 amide bonds. The molecule has 3 rings (SSSR count). The Morgan fingerprint density at radius 1 is 1.10 bits per heavy atom. The molecule has 5 nitrogen and oxygen atoms in total. The van der Waals surface area contributed by atoms with Gasteiger partial charge in [-0.2, -0.15) is 0 Å². The van der Waals surface area contributed by atoms with Crippen molar-refractivity contribution in [3.63, 3.8) is 0 Å². The van der Waals surface area contributed by atoms with Crippen molar-refractivity contribution in [3.8, 4) is 0 Å². The summed E-state index contributed by atoms with van der Waals surface area (Å²) in [7, 11) is -4.59. The van der Waals surface area contributed by atoms with Gasteiger partial charge in [-0.25, -0.2) is 0 Å². The summed E-state index contributed by atoms with van der Waals surface area (Å²) in [6, 6.07) is 10.6. The van der Waals surface area contributed by atoms with Crippen molar-refractivity contribution < 1.29 is 14.4 Å². The fourth-order valence-corrected chi connectivity index (χ4v) is 3.49. The van der Waals surface area contributed by atoms with Crippen LogP contribution < -0.4 is 10.9 Å². The second-order valence-corrected chi connectivity index (χ2v) is 6.77. The lowest BCUT2D eigenvalue weighted by atomic mass is 10.1. The summed E-state index contributed by atoms with van der Waals surface area (Å²) in [6.45, 7) is 0. The van der Waals surface area contributed by atoms with Crippen molar-refractivity contribution in [1.29, 1.82) is 0 Å². The standard InChI is InChI=1S/C13H9BrNO4P/c14-11-9-4-2-1-3-7(9)5-8-6-10(20(17,18)19)13(16)15-12(8)11/h1-6H,(H,15,16)(H2,17,18,19). The minimum absolute atomic E-state index is 0.519. The van der Waals surface area contributed by atoms with Crippen LogP contribution in [0, 0.1) is 0 Å². The Kier molecular flexibility index (Phi) is 3.06. The van der Waals surface area contributed by atoms with Crippen molar-refractivity contribution in [2.75, 3.05) is 0 Å². The number of halogens is 1. The molecule has 3 N–H and O–H groups in total. The first kappa shape index (κ1) is 13.5. The number of aromatic amines is 1. The first-order chi connectivity index (χ1) is 9.38. The van der Waals surface area contributed by atoms with Gasteiger partial charge in [0.25, 0.3) is 5.56 Å². The number of H-pyrrole nitrogens is 1. The van der Waals surface area contributed by atoms with Gasteiger partial charge in [0.15, 0.2) is 0 Å². The van der Waals surface area contributed by atoms with E-state index in [-0.39, 0.29) is 0 Å². The van der Waals surface area contributed by atoms with E-state index in [2.05, 4.69) is 20.9 Å². The summed E-state index contributed by atoms with van der Waals surface area (Å²) in [5.74, 6) is 0. The fourth-order valence-electron chi connectivity index (χ4n) is 2.17. The van der Waals surface area contributed by atoms with E-state index < -0.39 is 18.5 Å². The molecule has 0 atom stereocenters. The Balaban J connectivity index is 2.50. The Labute approximate surface area is 121 Å². The Morgan fingerprint density at radius 2 is 1.80 bits per heavy atom. The van der Waals surface area contributed by atoms with Crippen LogP contribution in [0.1, 0.15) is 0 Å². The molecule has 0 saturated carbocycles. The Hall–Kier alpha value is -1.46. The number of nitrogens with one attached hydrogen (secondary N) is 1. The summed E-state index contributed by atoms with van der Waals surface area (Å²) >= 11 is 3.43. The first-order valence-electron chi connectivity index (χ1n) is 5.68. The molecule has 0 fully saturated rings. The van der Waals surface area contributed by atoms with Crippen LogP contribution in [-0.4, -0.2) is 14.8 Å². The zero-order valence-electron chi connectivity index (χ0n) is 10.0. The van der Waals surface area contributed by atoms with E-state index in [1.165, 1.54) is 6.07 Å². The highest BCUT2D eigenvalue weighted by atomic mass is 79.9. The number of hydrogen-bond acceptors (Lipinski definition) is 2. The summed E-state index contributed by atoms with van der Waals surface area (Å²) in [6.07, 6.45) is 0. The summed E-state index contributed by atoms with van der Waals surface area (Å²) in [5, 5.41) is 1.87. The third kappa shape index (κ3) is 2.11. The van der Waals surface area contributed by atoms with E-state index in [9.17, 15) is 19.1 Å². The minimum Gasteiger partial charge on any atom is -0.321 e. The molecular weight excluding hydrogens is 345 g/mol. The number of fused-ring (bicyclic) bond motifs is 2. The molecule has 2 aromatic carbocycles. The molecule has 0 aliphatic heterocycles. The SMILES string of the molecule is O=c1[nH]c2c(Br)c3ccccc3cc2cc1P(=O)(O)O. The van der Waals surface area contributed by atoms with Crippen LogP contribution in [0.25, 0.3) is 21.7 Å². The number of benzene rings is 2. The van der Waals surface area contributed by atoms with Crippen molar-refractivity contribution in [2.45, 2.75) is 0 Å². The van der Waals surface area contributed by atoms with Gasteiger partial charge < -0.3 is 14.8 Å². The predicted molar refractivity (Wildman–Crippen MR) is 81.5 cm³/mol. The minimum atomic E-state index is -4.59. The number of aromatic nitrogens is 1. The van der Waals surface area contributed by atoms with Crippen LogP contribution in [0.2, 0.25) is 0 Å². The van der Waals surface area contributed by atoms with Gasteiger partial charge in [-0.1, -0.05) is 24.3 Å². The Morgan fingerprint density at radius 3 is 2.50 bits per heavy atom. The average molecular weight is 354 g/mol. The second kappa shape index (κ2) is 4.53. The van der Waals surface area contributed by atoms with Gasteiger partial charge in [0.2, 0.25) is 0 Å². The van der Waals surface area contributed by atoms with Crippen LogP contribution in [0.3, 0.4) is 0 Å². The zero-order valence-corrected chi connectivity index (χ0v) is 12.5. The first-order valence-corrected chi connectivity index (χ1v) is 8.09. The molecule has 3 aromatic rings. The maximum absolute atomic E-state index is 11.8. The van der Waals surface area contributed by atoms with Crippen LogP contribution in [0.4, 0.5) is 0 Å². The zero-order chi connectivity index (χ0) is 14.5. The molecule has 7 heteroatoms. The van der Waals surface area contributed by atoms with Gasteiger partial charge in [0.1, 0.15) is 5.30 Å². The van der Waals surface area contributed by atoms with Gasteiger partial charge in [-0.3, -0.25) is 9.36 Å². The van der Waals surface area contributed by atoms with Crippen molar-refractivity contribution in [3.05, 3.63) is 51.2 Å². The molecule has 102 valence electrons. The van der Waals surface area contributed by atoms with Crippen LogP contribution in [0.15, 0.2) is 45.7 Å². The highest BCUT2D eigenvalue weighted by Crippen LogP contribution is 2.35. The monoisotopic (exact) mass is 353 g/mol. The summed E-state index contributed by atoms with van der Waals surface area (Å²) in [4.78, 5) is 32.7. The molecule has 1 heterocycles. The Bertz CT molecular complexity index is 944. The highest BCUT2D eigenvalue weighted by Gasteiger charge is 2.22. The van der Waals surface area contributed by atoms with Gasteiger partial charge >= 0.3 is 7.60 Å². The van der Waals surface area contributed by atoms with E-state index in [0.717, 1.165) is 10.8 Å². The third-order valence-electron chi connectivity index (χ3n) is 3.09. The van der Waals surface area contributed by atoms with E-state index in [1.54, 1.807) is 6.07 Å². The average Bonchev–Trinajstić information content (AvgIpc) is 2.38. The topological polar surface area (TPSA) is 90.4 Å². The number of hydrogen-bond donors (Lipinski definition) is 3. The molecule has 20 heavy (non-hydrogen) atoms. The third-order valence-corrected chi connectivity index (χ3v) is 4.88. The molecule has 0 spiro atoms. The molecule has 1 aromatic heterocycles. The summed E-state index contributed by atoms with van der Waals surface area (Å²) < 4.78 is 12.0. The van der Waals surface area contributed by atoms with E-state index >= 15 is 0 Å². The fraction of sp³-hybridized carbons (Fsp3) is 0. The van der Waals surface area contributed by atoms with Crippen molar-refractivity contribution in [2.24, 2.45) is 0 Å². The normalized spacial score (nSPS) is 12.2. The largest absolute Gasteiger partial charge is 0.361 e. The number of rotatable bonds is 1. The smallest absolute Gasteiger partial charge is 0.321 e. The molecule has 0 unspecified atom stereocenters. The van der Waals surface area contributed by atoms with E-state index in [1.807, 2.05) is 24.3 Å². The highest BCUT2D eigenvalue weighted by molar-refractivity contribution is 9.10. The molecule has 0 radical (unpaired) electrons. The van der Waals surface area contributed by atoms with Crippen LogP contribution in [-0.2, 0) is 4.57 Å². The molecule has 0 aliphatic rings. The van der Waals surface area contributed by atoms with Crippen LogP contribution in [0.5, 0.6) is 0 Å². The maximum atomic E-state index is 11.8. The van der Waals surface area contributed by atoms with E-state index in [0.29, 0.717) is 15.4 Å². The molecule has 0 aliphatic carbocycles. The summed E-state index contributed by atoms with van der Waals surface area (Å²) in [5.41, 5.74) is -0.257. The van der Waals surface area contributed by atoms with Crippen LogP contribution >= 0.6 is 23.5 Å². The van der Waals surface area contributed by atoms with Gasteiger partial charge in [0.05, 0.1) is 5.52 Å². The predicted octanol–water partition coefficient (Wildman–Crippen LogP) is 2.25. The van der Waals surface area contributed by atoms with Crippen molar-refractivity contribution >= 4 is 50.5 Å². The molecule has 0 bridgehead atoms. The van der Waals surface area contributed by atoms with Crippen molar-refractivity contribution in [1.82, 2.24) is 4.98 Å². The van der Waals surface area contributed by atoms with Gasteiger partial charge in [0, 0.05) is 9.86 Å². The quantitative estimate of drug-likeness (QED) is 0.462. The number of pyridine rings is 1. The second-order valence-electron chi connectivity index (χ2n) is 4.40. The van der Waals surface area contributed by atoms with E-state index in [4.69, 9.17) is 0 Å². The molecule has 0 saturated heterocycles.